The quantitative estimate of drug-likeness (QED) is 0.846. The molecule has 1 saturated carbocycles. The lowest BCUT2D eigenvalue weighted by Crippen LogP contribution is -2.40. The van der Waals surface area contributed by atoms with Crippen LogP contribution < -0.4 is 5.32 Å². The number of rotatable bonds is 5. The van der Waals surface area contributed by atoms with Gasteiger partial charge in [0.2, 0.25) is 10.0 Å². The van der Waals surface area contributed by atoms with Gasteiger partial charge in [-0.1, -0.05) is 13.8 Å². The third-order valence-corrected chi connectivity index (χ3v) is 6.55. The molecule has 2 rings (SSSR count). The van der Waals surface area contributed by atoms with Crippen molar-refractivity contribution in [1.29, 1.82) is 0 Å². The Bertz CT molecular complexity index is 410. The zero-order valence-corrected chi connectivity index (χ0v) is 14.0. The molecular weight excluding hydrogens is 272 g/mol. The van der Waals surface area contributed by atoms with Gasteiger partial charge in [-0.25, -0.2) is 12.7 Å². The maximum absolute atomic E-state index is 11.7. The van der Waals surface area contributed by atoms with Crippen molar-refractivity contribution in [3.05, 3.63) is 0 Å². The average molecular weight is 302 g/mol. The van der Waals surface area contributed by atoms with Crippen molar-refractivity contribution < 1.29 is 8.42 Å². The van der Waals surface area contributed by atoms with Gasteiger partial charge in [-0.2, -0.15) is 0 Å². The van der Waals surface area contributed by atoms with Crippen molar-refractivity contribution in [2.24, 2.45) is 17.8 Å². The Balaban J connectivity index is 1.87. The summed E-state index contributed by atoms with van der Waals surface area (Å²) in [7, 11) is -3.00. The van der Waals surface area contributed by atoms with E-state index in [2.05, 4.69) is 19.2 Å². The molecule has 4 nitrogen and oxygen atoms in total. The smallest absolute Gasteiger partial charge is 0.211 e. The SMILES string of the molecule is CCNC1CCC(CC2CCCN(S(C)(=O)=O)C2)C1C. The van der Waals surface area contributed by atoms with Crippen LogP contribution in [-0.4, -0.2) is 44.7 Å². The van der Waals surface area contributed by atoms with Gasteiger partial charge in [0.1, 0.15) is 0 Å². The average Bonchev–Trinajstić information content (AvgIpc) is 2.72. The maximum atomic E-state index is 11.7. The highest BCUT2D eigenvalue weighted by molar-refractivity contribution is 7.88. The lowest BCUT2D eigenvalue weighted by molar-refractivity contribution is 0.210. The van der Waals surface area contributed by atoms with Crippen LogP contribution in [0.15, 0.2) is 0 Å². The number of hydrogen-bond acceptors (Lipinski definition) is 3. The number of hydrogen-bond donors (Lipinski definition) is 1. The number of nitrogens with zero attached hydrogens (tertiary/aromatic N) is 1. The summed E-state index contributed by atoms with van der Waals surface area (Å²) in [4.78, 5) is 0. The first-order valence-corrected chi connectivity index (χ1v) is 9.95. The second-order valence-electron chi connectivity index (χ2n) is 6.73. The molecular formula is C15H30N2O2S. The molecule has 1 saturated heterocycles. The fourth-order valence-corrected chi connectivity index (χ4v) is 5.02. The highest BCUT2D eigenvalue weighted by Crippen LogP contribution is 2.38. The summed E-state index contributed by atoms with van der Waals surface area (Å²) < 4.78 is 25.1. The summed E-state index contributed by atoms with van der Waals surface area (Å²) in [5.74, 6) is 2.05. The Kier molecular flexibility index (Phi) is 5.49. The van der Waals surface area contributed by atoms with Gasteiger partial charge < -0.3 is 5.32 Å². The van der Waals surface area contributed by atoms with Gasteiger partial charge in [-0.05, 0) is 56.4 Å². The van der Waals surface area contributed by atoms with Gasteiger partial charge in [-0.15, -0.1) is 0 Å². The molecule has 20 heavy (non-hydrogen) atoms. The van der Waals surface area contributed by atoms with Gasteiger partial charge in [-0.3, -0.25) is 0 Å². The molecule has 2 fully saturated rings. The minimum Gasteiger partial charge on any atom is -0.314 e. The molecule has 5 heteroatoms. The van der Waals surface area contributed by atoms with E-state index < -0.39 is 10.0 Å². The molecule has 4 unspecified atom stereocenters. The van der Waals surface area contributed by atoms with Gasteiger partial charge in [0, 0.05) is 19.1 Å². The first-order valence-electron chi connectivity index (χ1n) is 8.10. The summed E-state index contributed by atoms with van der Waals surface area (Å²) in [6.07, 6.45) is 7.34. The van der Waals surface area contributed by atoms with E-state index in [0.717, 1.165) is 37.9 Å². The van der Waals surface area contributed by atoms with E-state index in [0.29, 0.717) is 12.0 Å². The standard InChI is InChI=1S/C15H30N2O2S/c1-4-16-15-8-7-14(12(15)2)10-13-6-5-9-17(11-13)20(3,18)19/h12-16H,4-11H2,1-3H3. The van der Waals surface area contributed by atoms with Crippen LogP contribution in [0.25, 0.3) is 0 Å². The predicted molar refractivity (Wildman–Crippen MR) is 83.1 cm³/mol. The van der Waals surface area contributed by atoms with E-state index in [1.54, 1.807) is 4.31 Å². The highest BCUT2D eigenvalue weighted by Gasteiger charge is 2.35. The molecule has 0 aromatic heterocycles. The normalized spacial score (nSPS) is 36.4. The Morgan fingerprint density at radius 3 is 2.65 bits per heavy atom. The lowest BCUT2D eigenvalue weighted by atomic mass is 9.83. The second kappa shape index (κ2) is 6.75. The molecule has 2 aliphatic rings. The summed E-state index contributed by atoms with van der Waals surface area (Å²) >= 11 is 0. The molecule has 0 bridgehead atoms. The zero-order chi connectivity index (χ0) is 14.8. The second-order valence-corrected chi connectivity index (χ2v) is 8.71. The molecule has 0 spiro atoms. The van der Waals surface area contributed by atoms with Crippen molar-refractivity contribution >= 4 is 10.0 Å². The monoisotopic (exact) mass is 302 g/mol. The number of nitrogens with one attached hydrogen (secondary N) is 1. The highest BCUT2D eigenvalue weighted by atomic mass is 32.2. The minimum atomic E-state index is -3.00. The van der Waals surface area contributed by atoms with Crippen LogP contribution in [0.3, 0.4) is 0 Å². The van der Waals surface area contributed by atoms with Crippen molar-refractivity contribution in [3.63, 3.8) is 0 Å². The van der Waals surface area contributed by atoms with E-state index in [1.807, 2.05) is 0 Å². The molecule has 1 aliphatic carbocycles. The topological polar surface area (TPSA) is 49.4 Å². The van der Waals surface area contributed by atoms with Crippen molar-refractivity contribution in [3.8, 4) is 0 Å². The van der Waals surface area contributed by atoms with Crippen LogP contribution in [0, 0.1) is 17.8 Å². The largest absolute Gasteiger partial charge is 0.314 e. The minimum absolute atomic E-state index is 0.561. The predicted octanol–water partition coefficient (Wildman–Crippen LogP) is 2.07. The molecule has 4 atom stereocenters. The van der Waals surface area contributed by atoms with Crippen molar-refractivity contribution in [1.82, 2.24) is 9.62 Å². The first-order chi connectivity index (χ1) is 9.41. The fourth-order valence-electron chi connectivity index (χ4n) is 4.08. The van der Waals surface area contributed by atoms with Crippen LogP contribution >= 0.6 is 0 Å². The summed E-state index contributed by atoms with van der Waals surface area (Å²) in [6.45, 7) is 7.05. The van der Waals surface area contributed by atoms with Gasteiger partial charge in [0.15, 0.2) is 0 Å². The van der Waals surface area contributed by atoms with E-state index >= 15 is 0 Å². The molecule has 0 aromatic carbocycles. The first kappa shape index (κ1) is 16.2. The van der Waals surface area contributed by atoms with Gasteiger partial charge in [0.25, 0.3) is 0 Å². The Morgan fingerprint density at radius 1 is 1.25 bits per heavy atom. The summed E-state index contributed by atoms with van der Waals surface area (Å²) in [5.41, 5.74) is 0. The molecule has 0 radical (unpaired) electrons. The van der Waals surface area contributed by atoms with E-state index in [4.69, 9.17) is 0 Å². The Hall–Kier alpha value is -0.130. The Morgan fingerprint density at radius 2 is 2.00 bits per heavy atom. The lowest BCUT2D eigenvalue weighted by Gasteiger charge is -2.33. The van der Waals surface area contributed by atoms with Crippen LogP contribution in [0.4, 0.5) is 0 Å². The summed E-state index contributed by atoms with van der Waals surface area (Å²) in [5, 5.41) is 3.59. The maximum Gasteiger partial charge on any atom is 0.211 e. The molecule has 1 aliphatic heterocycles. The van der Waals surface area contributed by atoms with Crippen molar-refractivity contribution in [2.75, 3.05) is 25.9 Å². The fraction of sp³-hybridized carbons (Fsp3) is 1.00. The van der Waals surface area contributed by atoms with E-state index in [1.165, 1.54) is 31.9 Å². The molecule has 0 amide bonds. The number of sulfonamides is 1. The number of piperidine rings is 1. The van der Waals surface area contributed by atoms with Crippen molar-refractivity contribution in [2.45, 2.75) is 52.0 Å². The van der Waals surface area contributed by atoms with Crippen LogP contribution in [0.1, 0.15) is 46.0 Å². The van der Waals surface area contributed by atoms with Gasteiger partial charge in [0.05, 0.1) is 6.26 Å². The van der Waals surface area contributed by atoms with E-state index in [-0.39, 0.29) is 0 Å². The molecule has 1 heterocycles. The van der Waals surface area contributed by atoms with Crippen LogP contribution in [0.5, 0.6) is 0 Å². The zero-order valence-electron chi connectivity index (χ0n) is 13.1. The summed E-state index contributed by atoms with van der Waals surface area (Å²) in [6, 6.07) is 0.666. The van der Waals surface area contributed by atoms with Gasteiger partial charge >= 0.3 is 0 Å². The van der Waals surface area contributed by atoms with E-state index in [9.17, 15) is 8.42 Å². The molecule has 0 aromatic rings. The van der Waals surface area contributed by atoms with Crippen LogP contribution in [0.2, 0.25) is 0 Å². The Labute approximate surface area is 124 Å². The molecule has 1 N–H and O–H groups in total. The third kappa shape index (κ3) is 3.95. The van der Waals surface area contributed by atoms with Crippen LogP contribution in [-0.2, 0) is 10.0 Å². The molecule has 118 valence electrons. The third-order valence-electron chi connectivity index (χ3n) is 5.28.